The van der Waals surface area contributed by atoms with Crippen molar-refractivity contribution in [2.24, 2.45) is 5.73 Å². The first-order valence-corrected chi connectivity index (χ1v) is 7.74. The fourth-order valence-electron chi connectivity index (χ4n) is 2.08. The molecule has 0 atom stereocenters. The van der Waals surface area contributed by atoms with Gasteiger partial charge in [0.05, 0.1) is 10.5 Å². The van der Waals surface area contributed by atoms with Crippen LogP contribution in [-0.2, 0) is 4.79 Å². The number of hydrogen-bond acceptors (Lipinski definition) is 5. The largest absolute Gasteiger partial charge is 0.365 e. The number of nitrogens with two attached hydrogens (primary N) is 1. The SMILES string of the molecule is Cc1sc(NC(=O)C=Cc2cccc([N+](=O)[O-])c2)c(C(N)=O)c1C. The normalized spacial score (nSPS) is 10.8. The molecule has 2 amide bonds. The minimum Gasteiger partial charge on any atom is -0.365 e. The third-order valence-electron chi connectivity index (χ3n) is 3.38. The van der Waals surface area contributed by atoms with Crippen molar-refractivity contribution in [3.05, 3.63) is 62.0 Å². The molecule has 2 aromatic rings. The van der Waals surface area contributed by atoms with Crippen LogP contribution in [0.15, 0.2) is 30.3 Å². The van der Waals surface area contributed by atoms with Crippen LogP contribution < -0.4 is 11.1 Å². The third-order valence-corrected chi connectivity index (χ3v) is 4.50. The molecule has 0 aliphatic heterocycles. The van der Waals surface area contributed by atoms with Crippen molar-refractivity contribution in [3.8, 4) is 0 Å². The number of nitro benzene ring substituents is 1. The summed E-state index contributed by atoms with van der Waals surface area (Å²) < 4.78 is 0. The van der Waals surface area contributed by atoms with Crippen LogP contribution in [0.3, 0.4) is 0 Å². The highest BCUT2D eigenvalue weighted by Crippen LogP contribution is 2.32. The second-order valence-corrected chi connectivity index (χ2v) is 6.25. The molecule has 0 fully saturated rings. The number of benzene rings is 1. The van der Waals surface area contributed by atoms with E-state index in [1.807, 2.05) is 6.92 Å². The van der Waals surface area contributed by atoms with Gasteiger partial charge in [0.15, 0.2) is 0 Å². The highest BCUT2D eigenvalue weighted by Gasteiger charge is 2.18. The molecule has 1 aromatic carbocycles. The third kappa shape index (κ3) is 3.85. The van der Waals surface area contributed by atoms with Gasteiger partial charge in [-0.15, -0.1) is 11.3 Å². The van der Waals surface area contributed by atoms with E-state index in [1.54, 1.807) is 13.0 Å². The smallest absolute Gasteiger partial charge is 0.270 e. The number of non-ortho nitro benzene ring substituents is 1. The van der Waals surface area contributed by atoms with Crippen LogP contribution in [0.2, 0.25) is 0 Å². The second-order valence-electron chi connectivity index (χ2n) is 5.03. The van der Waals surface area contributed by atoms with Crippen LogP contribution in [-0.4, -0.2) is 16.7 Å². The van der Waals surface area contributed by atoms with E-state index in [-0.39, 0.29) is 5.69 Å². The zero-order valence-corrected chi connectivity index (χ0v) is 13.8. The summed E-state index contributed by atoms with van der Waals surface area (Å²) in [5, 5.41) is 13.7. The van der Waals surface area contributed by atoms with Crippen molar-refractivity contribution in [2.75, 3.05) is 5.32 Å². The molecule has 0 bridgehead atoms. The van der Waals surface area contributed by atoms with E-state index in [2.05, 4.69) is 5.32 Å². The average molecular weight is 345 g/mol. The number of primary amides is 1. The van der Waals surface area contributed by atoms with Crippen LogP contribution in [0.1, 0.15) is 26.4 Å². The molecule has 8 heteroatoms. The average Bonchev–Trinajstić information content (AvgIpc) is 2.80. The van der Waals surface area contributed by atoms with Crippen molar-refractivity contribution in [2.45, 2.75) is 13.8 Å². The van der Waals surface area contributed by atoms with Crippen molar-refractivity contribution in [3.63, 3.8) is 0 Å². The van der Waals surface area contributed by atoms with Crippen molar-refractivity contribution in [1.29, 1.82) is 0 Å². The summed E-state index contributed by atoms with van der Waals surface area (Å²) in [4.78, 5) is 34.6. The van der Waals surface area contributed by atoms with Crippen LogP contribution >= 0.6 is 11.3 Å². The molecule has 0 saturated carbocycles. The first-order chi connectivity index (χ1) is 11.3. The standard InChI is InChI=1S/C16H15N3O4S/c1-9-10(2)24-16(14(9)15(17)21)18-13(20)7-6-11-4-3-5-12(8-11)19(22)23/h3-8H,1-2H3,(H2,17,21)(H,18,20). The number of anilines is 1. The Balaban J connectivity index is 2.17. The molecular weight excluding hydrogens is 330 g/mol. The van der Waals surface area contributed by atoms with Crippen LogP contribution in [0, 0.1) is 24.0 Å². The Kier molecular flexibility index (Phi) is 5.10. The zero-order chi connectivity index (χ0) is 17.9. The second kappa shape index (κ2) is 7.05. The Morgan fingerprint density at radius 2 is 2.04 bits per heavy atom. The summed E-state index contributed by atoms with van der Waals surface area (Å²) in [5.41, 5.74) is 6.85. The number of amides is 2. The zero-order valence-electron chi connectivity index (χ0n) is 13.0. The lowest BCUT2D eigenvalue weighted by Gasteiger charge is -2.02. The molecule has 0 saturated heterocycles. The van der Waals surface area contributed by atoms with Gasteiger partial charge in [-0.05, 0) is 31.1 Å². The van der Waals surface area contributed by atoms with E-state index < -0.39 is 16.7 Å². The van der Waals surface area contributed by atoms with Gasteiger partial charge >= 0.3 is 0 Å². The summed E-state index contributed by atoms with van der Waals surface area (Å²) in [6.07, 6.45) is 2.70. The summed E-state index contributed by atoms with van der Waals surface area (Å²) in [6, 6.07) is 5.91. The quantitative estimate of drug-likeness (QED) is 0.492. The van der Waals surface area contributed by atoms with Crippen LogP contribution in [0.5, 0.6) is 0 Å². The van der Waals surface area contributed by atoms with E-state index in [0.29, 0.717) is 16.1 Å². The molecule has 2 rings (SSSR count). The number of rotatable bonds is 5. The Hall–Kier alpha value is -3.00. The lowest BCUT2D eigenvalue weighted by atomic mass is 10.1. The van der Waals surface area contributed by atoms with Crippen LogP contribution in [0.4, 0.5) is 10.7 Å². The highest BCUT2D eigenvalue weighted by atomic mass is 32.1. The van der Waals surface area contributed by atoms with E-state index in [1.165, 1.54) is 41.7 Å². The number of carbonyl (C=O) groups excluding carboxylic acids is 2. The Morgan fingerprint density at radius 1 is 1.33 bits per heavy atom. The molecule has 0 unspecified atom stereocenters. The molecule has 0 spiro atoms. The van der Waals surface area contributed by atoms with Gasteiger partial charge in [-0.25, -0.2) is 0 Å². The van der Waals surface area contributed by atoms with E-state index in [0.717, 1.165) is 10.4 Å². The topological polar surface area (TPSA) is 115 Å². The molecule has 3 N–H and O–H groups in total. The first kappa shape index (κ1) is 17.4. The molecule has 1 heterocycles. The monoisotopic (exact) mass is 345 g/mol. The summed E-state index contributed by atoms with van der Waals surface area (Å²) in [5.74, 6) is -1.06. The minimum absolute atomic E-state index is 0.0573. The molecule has 1 aromatic heterocycles. The van der Waals surface area contributed by atoms with E-state index in [9.17, 15) is 19.7 Å². The van der Waals surface area contributed by atoms with Crippen molar-refractivity contribution in [1.82, 2.24) is 0 Å². The van der Waals surface area contributed by atoms with Gasteiger partial charge in [0.2, 0.25) is 5.91 Å². The maximum absolute atomic E-state index is 12.0. The first-order valence-electron chi connectivity index (χ1n) is 6.93. The maximum atomic E-state index is 12.0. The van der Waals surface area contributed by atoms with Gasteiger partial charge in [-0.1, -0.05) is 12.1 Å². The van der Waals surface area contributed by atoms with Crippen LogP contribution in [0.25, 0.3) is 6.08 Å². The number of aryl methyl sites for hydroxylation is 1. The van der Waals surface area contributed by atoms with E-state index in [4.69, 9.17) is 5.73 Å². The van der Waals surface area contributed by atoms with Gasteiger partial charge in [0, 0.05) is 23.1 Å². The van der Waals surface area contributed by atoms with Gasteiger partial charge in [-0.3, -0.25) is 19.7 Å². The van der Waals surface area contributed by atoms with Gasteiger partial charge in [-0.2, -0.15) is 0 Å². The Bertz CT molecular complexity index is 855. The Labute approximate surface area is 141 Å². The molecule has 0 radical (unpaired) electrons. The minimum atomic E-state index is -0.602. The number of carbonyl (C=O) groups is 2. The van der Waals surface area contributed by atoms with Gasteiger partial charge in [0.25, 0.3) is 11.6 Å². The molecule has 0 aliphatic carbocycles. The van der Waals surface area contributed by atoms with E-state index >= 15 is 0 Å². The number of thiophene rings is 1. The number of nitrogens with one attached hydrogen (secondary N) is 1. The van der Waals surface area contributed by atoms with Gasteiger partial charge in [0.1, 0.15) is 5.00 Å². The number of nitrogens with zero attached hydrogens (tertiary/aromatic N) is 1. The maximum Gasteiger partial charge on any atom is 0.270 e. The summed E-state index contributed by atoms with van der Waals surface area (Å²) in [7, 11) is 0. The fourth-order valence-corrected chi connectivity index (χ4v) is 3.15. The number of nitro groups is 1. The van der Waals surface area contributed by atoms with Gasteiger partial charge < -0.3 is 11.1 Å². The fraction of sp³-hybridized carbons (Fsp3) is 0.125. The lowest BCUT2D eigenvalue weighted by molar-refractivity contribution is -0.384. The number of hydrogen-bond donors (Lipinski definition) is 2. The van der Waals surface area contributed by atoms with Crippen molar-refractivity contribution >= 4 is 39.9 Å². The van der Waals surface area contributed by atoms with Crippen molar-refractivity contribution < 1.29 is 14.5 Å². The Morgan fingerprint density at radius 3 is 2.67 bits per heavy atom. The highest BCUT2D eigenvalue weighted by molar-refractivity contribution is 7.16. The molecule has 24 heavy (non-hydrogen) atoms. The molecule has 7 nitrogen and oxygen atoms in total. The predicted octanol–water partition coefficient (Wildman–Crippen LogP) is 3.02. The molecule has 0 aliphatic rings. The summed E-state index contributed by atoms with van der Waals surface area (Å²) >= 11 is 1.27. The lowest BCUT2D eigenvalue weighted by Crippen LogP contribution is -2.16. The predicted molar refractivity (Wildman–Crippen MR) is 93.1 cm³/mol. The molecule has 124 valence electrons. The molecular formula is C16H15N3O4S. The summed E-state index contributed by atoms with van der Waals surface area (Å²) in [6.45, 7) is 3.60.